The largest absolute Gasteiger partial charge is 0.396 e. The van der Waals surface area contributed by atoms with Gasteiger partial charge in [-0.3, -0.25) is 9.48 Å². The molecule has 3 N–H and O–H groups in total. The van der Waals surface area contributed by atoms with Crippen molar-refractivity contribution in [2.45, 2.75) is 6.04 Å². The summed E-state index contributed by atoms with van der Waals surface area (Å²) in [5.74, 6) is -0.262. The molecule has 0 saturated heterocycles. The highest BCUT2D eigenvalue weighted by molar-refractivity contribution is 6.39. The fraction of sp³-hybridized carbons (Fsp3) is 0.0588. The molecule has 0 fully saturated rings. The molecule has 7 heteroatoms. The van der Waals surface area contributed by atoms with Crippen LogP contribution in [0.3, 0.4) is 0 Å². The third-order valence-corrected chi connectivity index (χ3v) is 4.13. The minimum Gasteiger partial charge on any atom is -0.396 e. The number of hydrogen-bond acceptors (Lipinski definition) is 3. The summed E-state index contributed by atoms with van der Waals surface area (Å²) in [6, 6.07) is 13.6. The van der Waals surface area contributed by atoms with Crippen molar-refractivity contribution in [2.24, 2.45) is 0 Å². The quantitative estimate of drug-likeness (QED) is 0.690. The number of nitrogens with zero attached hydrogens (tertiary/aromatic N) is 2. The van der Waals surface area contributed by atoms with Crippen molar-refractivity contribution in [1.29, 1.82) is 0 Å². The van der Waals surface area contributed by atoms with E-state index in [9.17, 15) is 4.79 Å². The van der Waals surface area contributed by atoms with Crippen molar-refractivity contribution < 1.29 is 4.79 Å². The zero-order valence-corrected chi connectivity index (χ0v) is 14.0. The molecule has 2 aromatic carbocycles. The molecule has 5 nitrogen and oxygen atoms in total. The van der Waals surface area contributed by atoms with Gasteiger partial charge in [0.15, 0.2) is 6.04 Å². The maximum absolute atomic E-state index is 12.8. The van der Waals surface area contributed by atoms with Crippen LogP contribution in [0.25, 0.3) is 0 Å². The first-order valence-electron chi connectivity index (χ1n) is 7.15. The van der Waals surface area contributed by atoms with Crippen molar-refractivity contribution in [1.82, 2.24) is 9.78 Å². The van der Waals surface area contributed by atoms with E-state index in [0.717, 1.165) is 5.56 Å². The van der Waals surface area contributed by atoms with Crippen LogP contribution < -0.4 is 11.1 Å². The van der Waals surface area contributed by atoms with Crippen LogP contribution in [0.15, 0.2) is 60.9 Å². The number of halogens is 2. The Bertz CT molecular complexity index is 827. The minimum absolute atomic E-state index is 0.262. The van der Waals surface area contributed by atoms with Crippen LogP contribution in [0.1, 0.15) is 11.6 Å². The predicted molar refractivity (Wildman–Crippen MR) is 96.3 cm³/mol. The summed E-state index contributed by atoms with van der Waals surface area (Å²) in [6.07, 6.45) is 3.36. The third-order valence-electron chi connectivity index (χ3n) is 3.50. The summed E-state index contributed by atoms with van der Waals surface area (Å²) in [6.45, 7) is 0. The molecule has 0 aliphatic carbocycles. The third kappa shape index (κ3) is 3.37. The number of anilines is 2. The molecule has 3 rings (SSSR count). The molecule has 1 heterocycles. The lowest BCUT2D eigenvalue weighted by Crippen LogP contribution is -2.27. The lowest BCUT2D eigenvalue weighted by molar-refractivity contribution is -0.118. The first-order chi connectivity index (χ1) is 11.6. The van der Waals surface area contributed by atoms with Gasteiger partial charge in [-0.1, -0.05) is 53.5 Å². The molecule has 1 amide bonds. The van der Waals surface area contributed by atoms with E-state index in [-0.39, 0.29) is 21.6 Å². The number of amides is 1. The van der Waals surface area contributed by atoms with E-state index in [2.05, 4.69) is 10.4 Å². The highest BCUT2D eigenvalue weighted by atomic mass is 35.5. The number of nitrogens with one attached hydrogen (secondary N) is 1. The number of rotatable bonds is 4. The summed E-state index contributed by atoms with van der Waals surface area (Å²) in [5, 5.41) is 7.57. The van der Waals surface area contributed by atoms with Gasteiger partial charge in [-0.25, -0.2) is 0 Å². The Morgan fingerprint density at radius 2 is 1.79 bits per heavy atom. The number of carbonyl (C=O) groups is 1. The van der Waals surface area contributed by atoms with Gasteiger partial charge in [0, 0.05) is 18.1 Å². The average Bonchev–Trinajstić information content (AvgIpc) is 3.08. The Labute approximate surface area is 149 Å². The van der Waals surface area contributed by atoms with Gasteiger partial charge in [-0.15, -0.1) is 0 Å². The maximum Gasteiger partial charge on any atom is 0.253 e. The zero-order chi connectivity index (χ0) is 17.1. The molecule has 122 valence electrons. The number of hydrogen-bond donors (Lipinski definition) is 2. The Balaban J connectivity index is 1.93. The molecular weight excluding hydrogens is 347 g/mol. The van der Waals surface area contributed by atoms with E-state index in [4.69, 9.17) is 28.9 Å². The molecule has 0 spiro atoms. The first kappa shape index (κ1) is 16.4. The number of benzene rings is 2. The summed E-state index contributed by atoms with van der Waals surface area (Å²) in [4.78, 5) is 12.8. The number of aromatic nitrogens is 2. The van der Waals surface area contributed by atoms with Gasteiger partial charge in [0.25, 0.3) is 5.91 Å². The van der Waals surface area contributed by atoms with Gasteiger partial charge in [0.1, 0.15) is 0 Å². The van der Waals surface area contributed by atoms with Crippen molar-refractivity contribution in [3.05, 3.63) is 76.5 Å². The predicted octanol–water partition coefficient (Wildman–Crippen LogP) is 4.00. The van der Waals surface area contributed by atoms with Gasteiger partial charge < -0.3 is 11.1 Å². The monoisotopic (exact) mass is 360 g/mol. The first-order valence-corrected chi connectivity index (χ1v) is 7.91. The van der Waals surface area contributed by atoms with Crippen molar-refractivity contribution >= 4 is 40.5 Å². The molecule has 0 aliphatic rings. The molecule has 0 aliphatic heterocycles. The molecule has 0 unspecified atom stereocenters. The summed E-state index contributed by atoms with van der Waals surface area (Å²) in [7, 11) is 0. The highest BCUT2D eigenvalue weighted by Gasteiger charge is 2.23. The van der Waals surface area contributed by atoms with Gasteiger partial charge >= 0.3 is 0 Å². The van der Waals surface area contributed by atoms with Crippen molar-refractivity contribution in [3.8, 4) is 0 Å². The zero-order valence-electron chi connectivity index (χ0n) is 12.5. The molecule has 0 bridgehead atoms. The van der Waals surface area contributed by atoms with E-state index in [1.807, 2.05) is 30.3 Å². The average molecular weight is 361 g/mol. The Morgan fingerprint density at radius 3 is 2.38 bits per heavy atom. The number of nitrogen functional groups attached to an aromatic ring is 1. The Hall–Kier alpha value is -2.50. The molecule has 3 aromatic rings. The summed E-state index contributed by atoms with van der Waals surface area (Å²) < 4.78 is 1.59. The normalized spacial score (nSPS) is 11.9. The van der Waals surface area contributed by atoms with Crippen LogP contribution in [-0.2, 0) is 4.79 Å². The minimum atomic E-state index is -0.615. The lowest BCUT2D eigenvalue weighted by Gasteiger charge is -2.18. The van der Waals surface area contributed by atoms with Gasteiger partial charge in [-0.05, 0) is 23.8 Å². The van der Waals surface area contributed by atoms with Gasteiger partial charge in [0.05, 0.1) is 15.7 Å². The highest BCUT2D eigenvalue weighted by Crippen LogP contribution is 2.31. The van der Waals surface area contributed by atoms with E-state index in [1.165, 1.54) is 0 Å². The fourth-order valence-corrected chi connectivity index (χ4v) is 2.85. The van der Waals surface area contributed by atoms with Gasteiger partial charge in [0.2, 0.25) is 0 Å². The van der Waals surface area contributed by atoms with Crippen LogP contribution >= 0.6 is 23.2 Å². The van der Waals surface area contributed by atoms with Gasteiger partial charge in [-0.2, -0.15) is 5.10 Å². The smallest absolute Gasteiger partial charge is 0.253 e. The van der Waals surface area contributed by atoms with Crippen LogP contribution in [-0.4, -0.2) is 15.7 Å². The number of carbonyl (C=O) groups excluding carboxylic acids is 1. The topological polar surface area (TPSA) is 72.9 Å². The van der Waals surface area contributed by atoms with E-state index in [1.54, 1.807) is 35.3 Å². The SMILES string of the molecule is Nc1c(Cl)cc(NC(=O)[C@H](c2ccccc2)n2cccn2)cc1Cl. The van der Waals surface area contributed by atoms with Crippen molar-refractivity contribution in [3.63, 3.8) is 0 Å². The lowest BCUT2D eigenvalue weighted by atomic mass is 10.1. The van der Waals surface area contributed by atoms with Crippen LogP contribution in [0.5, 0.6) is 0 Å². The Morgan fingerprint density at radius 1 is 1.12 bits per heavy atom. The second-order valence-electron chi connectivity index (χ2n) is 5.14. The second kappa shape index (κ2) is 6.95. The molecule has 0 saturated carbocycles. The summed E-state index contributed by atoms with van der Waals surface area (Å²) >= 11 is 12.0. The molecule has 1 aromatic heterocycles. The molecular formula is C17H14Cl2N4O. The van der Waals surface area contributed by atoms with Crippen LogP contribution in [0, 0.1) is 0 Å². The molecule has 24 heavy (non-hydrogen) atoms. The second-order valence-corrected chi connectivity index (χ2v) is 5.96. The van der Waals surface area contributed by atoms with E-state index >= 15 is 0 Å². The maximum atomic E-state index is 12.8. The number of nitrogens with two attached hydrogens (primary N) is 1. The standard InChI is InChI=1S/C17H14Cl2N4O/c18-13-9-12(10-14(19)15(13)20)22-17(24)16(23-8-4-7-21-23)11-5-2-1-3-6-11/h1-10,16H,20H2,(H,22,24)/t16-/m0/s1. The van der Waals surface area contributed by atoms with Crippen molar-refractivity contribution in [2.75, 3.05) is 11.1 Å². The summed E-state index contributed by atoms with van der Waals surface area (Å²) in [5.41, 5.74) is 7.28. The molecule has 0 radical (unpaired) electrons. The fourth-order valence-electron chi connectivity index (χ4n) is 2.36. The molecule has 1 atom stereocenters. The van der Waals surface area contributed by atoms with Crippen LogP contribution in [0.2, 0.25) is 10.0 Å². The van der Waals surface area contributed by atoms with E-state index in [0.29, 0.717) is 5.69 Å². The Kier molecular flexibility index (Phi) is 4.74. The van der Waals surface area contributed by atoms with E-state index < -0.39 is 6.04 Å². The van der Waals surface area contributed by atoms with Crippen LogP contribution in [0.4, 0.5) is 11.4 Å².